The molecule has 0 spiro atoms. The molecule has 1 aromatic carbocycles. The Morgan fingerprint density at radius 1 is 1.13 bits per heavy atom. The van der Waals surface area contributed by atoms with Crippen LogP contribution in [0.1, 0.15) is 32.8 Å². The Labute approximate surface area is 157 Å². The predicted molar refractivity (Wildman–Crippen MR) is 107 cm³/mol. The van der Waals surface area contributed by atoms with Gasteiger partial charge in [0.2, 0.25) is 0 Å². The number of nitrogens with one attached hydrogen (secondary N) is 2. The summed E-state index contributed by atoms with van der Waals surface area (Å²) in [5, 5.41) is 6.49. The molecule has 132 valence electrons. The number of nitrogens with zero attached hydrogens (tertiary/aromatic N) is 1. The van der Waals surface area contributed by atoms with E-state index in [1.165, 1.54) is 0 Å². The molecule has 0 aromatic heterocycles. The number of rotatable bonds is 10. The molecule has 1 aromatic rings. The van der Waals surface area contributed by atoms with Crippen molar-refractivity contribution >= 4 is 29.9 Å². The van der Waals surface area contributed by atoms with Crippen LogP contribution < -0.4 is 15.4 Å². The number of hydrogen-bond donors (Lipinski definition) is 2. The Balaban J connectivity index is 0.00000484. The van der Waals surface area contributed by atoms with Gasteiger partial charge >= 0.3 is 0 Å². The molecule has 0 saturated heterocycles. The van der Waals surface area contributed by atoms with E-state index in [0.717, 1.165) is 50.0 Å². The highest BCUT2D eigenvalue weighted by molar-refractivity contribution is 14.0. The Hall–Kier alpha value is -1.02. The summed E-state index contributed by atoms with van der Waals surface area (Å²) in [5.41, 5.74) is 1.13. The van der Waals surface area contributed by atoms with Gasteiger partial charge in [0.1, 0.15) is 5.75 Å². The lowest BCUT2D eigenvalue weighted by atomic mass is 10.2. The molecule has 0 unspecified atom stereocenters. The predicted octanol–water partition coefficient (Wildman–Crippen LogP) is 3.19. The molecule has 1 rings (SSSR count). The van der Waals surface area contributed by atoms with Crippen molar-refractivity contribution in [3.63, 3.8) is 0 Å². The van der Waals surface area contributed by atoms with Gasteiger partial charge in [0.05, 0.1) is 19.8 Å². The van der Waals surface area contributed by atoms with Crippen LogP contribution in [-0.4, -0.2) is 38.9 Å². The van der Waals surface area contributed by atoms with Crippen molar-refractivity contribution in [2.75, 3.05) is 32.9 Å². The molecule has 5 nitrogen and oxygen atoms in total. The van der Waals surface area contributed by atoms with Crippen molar-refractivity contribution in [2.45, 2.75) is 33.7 Å². The standard InChI is InChI=1S/C17H29N3O2.HI/c1-4-11-22-16-9-7-8-15(13-16)14-20-17(18-5-2)19-10-12-21-6-3;/h7-9,13H,4-6,10-12,14H2,1-3H3,(H2,18,19,20);1H. The van der Waals surface area contributed by atoms with Gasteiger partial charge in [0, 0.05) is 19.7 Å². The van der Waals surface area contributed by atoms with Crippen LogP contribution in [0.5, 0.6) is 5.75 Å². The molecular formula is C17H30IN3O2. The Kier molecular flexibility index (Phi) is 13.9. The maximum atomic E-state index is 5.65. The summed E-state index contributed by atoms with van der Waals surface area (Å²) in [6.45, 7) is 10.5. The fourth-order valence-corrected chi connectivity index (χ4v) is 1.85. The minimum Gasteiger partial charge on any atom is -0.494 e. The molecule has 0 fully saturated rings. The van der Waals surface area contributed by atoms with Gasteiger partial charge in [-0.3, -0.25) is 0 Å². The third-order valence-corrected chi connectivity index (χ3v) is 2.88. The number of halogens is 1. The molecule has 6 heteroatoms. The SMILES string of the molecule is CCCOc1cccc(CN=C(NCC)NCCOCC)c1.I. The van der Waals surface area contributed by atoms with Gasteiger partial charge in [0.25, 0.3) is 0 Å². The summed E-state index contributed by atoms with van der Waals surface area (Å²) in [6.07, 6.45) is 1.01. The highest BCUT2D eigenvalue weighted by Gasteiger charge is 1.99. The van der Waals surface area contributed by atoms with Crippen LogP contribution in [0.25, 0.3) is 0 Å². The van der Waals surface area contributed by atoms with Gasteiger partial charge in [-0.05, 0) is 38.0 Å². The third-order valence-electron chi connectivity index (χ3n) is 2.88. The average molecular weight is 435 g/mol. The van der Waals surface area contributed by atoms with Gasteiger partial charge in [0.15, 0.2) is 5.96 Å². The molecule has 23 heavy (non-hydrogen) atoms. The summed E-state index contributed by atoms with van der Waals surface area (Å²) in [7, 11) is 0. The minimum atomic E-state index is 0. The monoisotopic (exact) mass is 435 g/mol. The highest BCUT2D eigenvalue weighted by atomic mass is 127. The Morgan fingerprint density at radius 2 is 1.96 bits per heavy atom. The van der Waals surface area contributed by atoms with E-state index in [2.05, 4.69) is 35.5 Å². The molecule has 0 bridgehead atoms. The average Bonchev–Trinajstić information content (AvgIpc) is 2.55. The van der Waals surface area contributed by atoms with E-state index in [9.17, 15) is 0 Å². The zero-order valence-electron chi connectivity index (χ0n) is 14.4. The van der Waals surface area contributed by atoms with Crippen LogP contribution in [0.4, 0.5) is 0 Å². The van der Waals surface area contributed by atoms with Crippen molar-refractivity contribution in [3.8, 4) is 5.75 Å². The van der Waals surface area contributed by atoms with Crippen LogP contribution in [0.15, 0.2) is 29.3 Å². The van der Waals surface area contributed by atoms with Gasteiger partial charge in [-0.1, -0.05) is 19.1 Å². The molecule has 0 heterocycles. The maximum Gasteiger partial charge on any atom is 0.191 e. The first-order chi connectivity index (χ1) is 10.8. The number of guanidine groups is 1. The van der Waals surface area contributed by atoms with Gasteiger partial charge in [-0.2, -0.15) is 0 Å². The van der Waals surface area contributed by atoms with Crippen molar-refractivity contribution in [1.82, 2.24) is 10.6 Å². The van der Waals surface area contributed by atoms with Crippen LogP contribution >= 0.6 is 24.0 Å². The largest absolute Gasteiger partial charge is 0.494 e. The van der Waals surface area contributed by atoms with Crippen LogP contribution in [0.2, 0.25) is 0 Å². The number of ether oxygens (including phenoxy) is 2. The van der Waals surface area contributed by atoms with Crippen LogP contribution in [0.3, 0.4) is 0 Å². The van der Waals surface area contributed by atoms with Gasteiger partial charge in [-0.25, -0.2) is 4.99 Å². The van der Waals surface area contributed by atoms with Gasteiger partial charge < -0.3 is 20.1 Å². The third kappa shape index (κ3) is 10.4. The fourth-order valence-electron chi connectivity index (χ4n) is 1.85. The quantitative estimate of drug-likeness (QED) is 0.257. The van der Waals surface area contributed by atoms with E-state index in [0.29, 0.717) is 13.2 Å². The lowest BCUT2D eigenvalue weighted by molar-refractivity contribution is 0.152. The van der Waals surface area contributed by atoms with E-state index >= 15 is 0 Å². The normalized spacial score (nSPS) is 10.8. The second-order valence-corrected chi connectivity index (χ2v) is 4.81. The molecule has 0 aliphatic rings. The smallest absolute Gasteiger partial charge is 0.191 e. The number of benzene rings is 1. The summed E-state index contributed by atoms with van der Waals surface area (Å²) in [6, 6.07) is 8.09. The lowest BCUT2D eigenvalue weighted by Crippen LogP contribution is -2.39. The van der Waals surface area contributed by atoms with Crippen molar-refractivity contribution in [2.24, 2.45) is 4.99 Å². The Bertz CT molecular complexity index is 442. The first-order valence-corrected chi connectivity index (χ1v) is 8.11. The van der Waals surface area contributed by atoms with E-state index in [-0.39, 0.29) is 24.0 Å². The van der Waals surface area contributed by atoms with Crippen molar-refractivity contribution in [1.29, 1.82) is 0 Å². The Morgan fingerprint density at radius 3 is 2.65 bits per heavy atom. The van der Waals surface area contributed by atoms with Gasteiger partial charge in [-0.15, -0.1) is 24.0 Å². The second kappa shape index (κ2) is 14.6. The topological polar surface area (TPSA) is 54.9 Å². The summed E-state index contributed by atoms with van der Waals surface area (Å²) in [5.74, 6) is 1.71. The molecule has 0 amide bonds. The molecule has 0 aliphatic carbocycles. The summed E-state index contributed by atoms with van der Waals surface area (Å²) >= 11 is 0. The first kappa shape index (κ1) is 22.0. The molecule has 0 saturated carbocycles. The molecule has 2 N–H and O–H groups in total. The molecule has 0 radical (unpaired) electrons. The van der Waals surface area contributed by atoms with Crippen molar-refractivity contribution in [3.05, 3.63) is 29.8 Å². The minimum absolute atomic E-state index is 0. The summed E-state index contributed by atoms with van der Waals surface area (Å²) in [4.78, 5) is 4.59. The highest BCUT2D eigenvalue weighted by Crippen LogP contribution is 2.14. The molecular weight excluding hydrogens is 405 g/mol. The first-order valence-electron chi connectivity index (χ1n) is 8.11. The zero-order chi connectivity index (χ0) is 16.0. The zero-order valence-corrected chi connectivity index (χ0v) is 16.8. The van der Waals surface area contributed by atoms with Crippen LogP contribution in [-0.2, 0) is 11.3 Å². The fraction of sp³-hybridized carbons (Fsp3) is 0.588. The van der Waals surface area contributed by atoms with E-state index < -0.39 is 0 Å². The second-order valence-electron chi connectivity index (χ2n) is 4.81. The lowest BCUT2D eigenvalue weighted by Gasteiger charge is -2.11. The molecule has 0 aliphatic heterocycles. The van der Waals surface area contributed by atoms with Crippen LogP contribution in [0, 0.1) is 0 Å². The summed E-state index contributed by atoms with van der Waals surface area (Å²) < 4.78 is 11.0. The van der Waals surface area contributed by atoms with Crippen molar-refractivity contribution < 1.29 is 9.47 Å². The number of aliphatic imine (C=N–C) groups is 1. The van der Waals surface area contributed by atoms with E-state index in [4.69, 9.17) is 9.47 Å². The van der Waals surface area contributed by atoms with E-state index in [1.54, 1.807) is 0 Å². The van der Waals surface area contributed by atoms with E-state index in [1.807, 2.05) is 25.1 Å². The number of hydrogen-bond acceptors (Lipinski definition) is 3. The molecule has 0 atom stereocenters. The maximum absolute atomic E-state index is 5.65.